The van der Waals surface area contributed by atoms with Crippen molar-refractivity contribution in [2.45, 2.75) is 51.5 Å². The summed E-state index contributed by atoms with van der Waals surface area (Å²) < 4.78 is 29.0. The van der Waals surface area contributed by atoms with Gasteiger partial charge in [-0.25, -0.2) is 0 Å². The van der Waals surface area contributed by atoms with Crippen molar-refractivity contribution < 1.29 is 8.42 Å². The minimum atomic E-state index is -3.25. The lowest BCUT2D eigenvalue weighted by atomic mass is 10.1. The van der Waals surface area contributed by atoms with Crippen molar-refractivity contribution in [1.29, 1.82) is 0 Å². The lowest BCUT2D eigenvalue weighted by molar-refractivity contribution is 0.206. The number of hydrogen-bond donors (Lipinski definition) is 1. The molecule has 2 rings (SSSR count). The van der Waals surface area contributed by atoms with Crippen molar-refractivity contribution in [2.24, 2.45) is 0 Å². The summed E-state index contributed by atoms with van der Waals surface area (Å²) in [5.41, 5.74) is 0. The van der Waals surface area contributed by atoms with Gasteiger partial charge in [0.2, 0.25) is 0 Å². The number of hydrogen-bond acceptors (Lipinski definition) is 3. The Bertz CT molecular complexity index is 364. The van der Waals surface area contributed by atoms with E-state index in [1.54, 1.807) is 4.31 Å². The monoisotopic (exact) mass is 325 g/mol. The molecule has 0 aromatic rings. The highest BCUT2D eigenvalue weighted by Crippen LogP contribution is 2.15. The van der Waals surface area contributed by atoms with Gasteiger partial charge in [-0.05, 0) is 51.7 Å². The number of piperidine rings is 2. The molecule has 7 heteroatoms. The van der Waals surface area contributed by atoms with Crippen molar-refractivity contribution in [3.63, 3.8) is 0 Å². The maximum Gasteiger partial charge on any atom is 0.279 e. The molecule has 2 aliphatic rings. The van der Waals surface area contributed by atoms with Crippen LogP contribution < -0.4 is 4.72 Å². The van der Waals surface area contributed by atoms with E-state index in [0.29, 0.717) is 13.1 Å². The van der Waals surface area contributed by atoms with Crippen molar-refractivity contribution >= 4 is 22.6 Å². The van der Waals surface area contributed by atoms with Gasteiger partial charge in [-0.15, -0.1) is 12.4 Å². The van der Waals surface area contributed by atoms with Crippen LogP contribution >= 0.6 is 12.4 Å². The van der Waals surface area contributed by atoms with E-state index in [0.717, 1.165) is 51.7 Å². The number of nitrogens with zero attached hydrogens (tertiary/aromatic N) is 2. The minimum absolute atomic E-state index is 0. The smallest absolute Gasteiger partial charge is 0.279 e. The molecule has 5 nitrogen and oxygen atoms in total. The summed E-state index contributed by atoms with van der Waals surface area (Å²) in [4.78, 5) is 2.42. The molecule has 0 aliphatic carbocycles. The van der Waals surface area contributed by atoms with E-state index in [4.69, 9.17) is 0 Å². The molecule has 0 amide bonds. The predicted molar refractivity (Wildman–Crippen MR) is 84.5 cm³/mol. The molecule has 2 fully saturated rings. The van der Waals surface area contributed by atoms with E-state index in [2.05, 4.69) is 16.5 Å². The molecule has 20 heavy (non-hydrogen) atoms. The zero-order valence-electron chi connectivity index (χ0n) is 12.4. The van der Waals surface area contributed by atoms with Gasteiger partial charge in [-0.1, -0.05) is 13.3 Å². The topological polar surface area (TPSA) is 52.7 Å². The largest absolute Gasteiger partial charge is 0.303 e. The third-order valence-corrected chi connectivity index (χ3v) is 5.77. The zero-order valence-corrected chi connectivity index (χ0v) is 14.0. The number of rotatable bonds is 5. The van der Waals surface area contributed by atoms with Crippen LogP contribution in [0.4, 0.5) is 0 Å². The summed E-state index contributed by atoms with van der Waals surface area (Å²) in [6.45, 7) is 6.72. The third kappa shape index (κ3) is 5.15. The number of nitrogens with one attached hydrogen (secondary N) is 1. The molecular weight excluding hydrogens is 298 g/mol. The molecule has 120 valence electrons. The van der Waals surface area contributed by atoms with Crippen molar-refractivity contribution in [3.05, 3.63) is 0 Å². The first-order valence-electron chi connectivity index (χ1n) is 7.61. The molecule has 0 spiro atoms. The van der Waals surface area contributed by atoms with Gasteiger partial charge in [0, 0.05) is 19.1 Å². The Morgan fingerprint density at radius 2 is 1.65 bits per heavy atom. The van der Waals surface area contributed by atoms with Gasteiger partial charge in [0.05, 0.1) is 0 Å². The Kier molecular flexibility index (Phi) is 7.75. The summed E-state index contributed by atoms with van der Waals surface area (Å²) in [5.74, 6) is 0. The molecule has 0 unspecified atom stereocenters. The molecule has 0 bridgehead atoms. The highest BCUT2D eigenvalue weighted by molar-refractivity contribution is 7.87. The molecule has 0 aromatic carbocycles. The third-order valence-electron chi connectivity index (χ3n) is 4.10. The van der Waals surface area contributed by atoms with Crippen LogP contribution in [0, 0.1) is 0 Å². The van der Waals surface area contributed by atoms with Crippen molar-refractivity contribution in [1.82, 2.24) is 13.9 Å². The van der Waals surface area contributed by atoms with Crippen LogP contribution in [0.15, 0.2) is 0 Å². The maximum atomic E-state index is 12.3. The van der Waals surface area contributed by atoms with E-state index in [1.165, 1.54) is 6.42 Å². The Morgan fingerprint density at radius 3 is 2.20 bits per heavy atom. The van der Waals surface area contributed by atoms with E-state index < -0.39 is 10.2 Å². The Morgan fingerprint density at radius 1 is 1.05 bits per heavy atom. The molecular formula is C13H28ClN3O2S. The van der Waals surface area contributed by atoms with E-state index in [1.807, 2.05) is 0 Å². The number of halogens is 1. The van der Waals surface area contributed by atoms with Crippen LogP contribution in [-0.2, 0) is 10.2 Å². The fourth-order valence-electron chi connectivity index (χ4n) is 2.98. The number of likely N-dealkylation sites (tertiary alicyclic amines) is 1. The Labute approximate surface area is 129 Å². The maximum absolute atomic E-state index is 12.3. The molecule has 0 saturated carbocycles. The molecule has 0 atom stereocenters. The van der Waals surface area contributed by atoms with Gasteiger partial charge in [-0.2, -0.15) is 17.4 Å². The minimum Gasteiger partial charge on any atom is -0.303 e. The average molecular weight is 326 g/mol. The molecule has 0 aromatic heterocycles. The van der Waals surface area contributed by atoms with Gasteiger partial charge in [0.25, 0.3) is 10.2 Å². The molecule has 2 saturated heterocycles. The highest BCUT2D eigenvalue weighted by atomic mass is 35.5. The van der Waals surface area contributed by atoms with Gasteiger partial charge >= 0.3 is 0 Å². The second-order valence-corrected chi connectivity index (χ2v) is 7.40. The van der Waals surface area contributed by atoms with Gasteiger partial charge < -0.3 is 4.90 Å². The van der Waals surface area contributed by atoms with E-state index >= 15 is 0 Å². The molecule has 1 N–H and O–H groups in total. The first-order valence-corrected chi connectivity index (χ1v) is 9.05. The predicted octanol–water partition coefficient (Wildman–Crippen LogP) is 1.60. The summed E-state index contributed by atoms with van der Waals surface area (Å²) in [6, 6.07) is 0.125. The van der Waals surface area contributed by atoms with Crippen LogP contribution in [-0.4, -0.2) is 56.4 Å². The first kappa shape index (κ1) is 18.2. The summed E-state index contributed by atoms with van der Waals surface area (Å²) >= 11 is 0. The average Bonchev–Trinajstić information content (AvgIpc) is 2.42. The lowest BCUT2D eigenvalue weighted by Crippen LogP contribution is -2.50. The van der Waals surface area contributed by atoms with Crippen molar-refractivity contribution in [2.75, 3.05) is 32.7 Å². The van der Waals surface area contributed by atoms with Crippen molar-refractivity contribution in [3.8, 4) is 0 Å². The lowest BCUT2D eigenvalue weighted by Gasteiger charge is -2.34. The fourth-order valence-corrected chi connectivity index (χ4v) is 4.53. The standard InChI is InChI=1S/C13H27N3O2S.ClH/c1-2-8-15-11-6-13(7-12-15)14-19(17,18)16-9-4-3-5-10-16;/h13-14H,2-12H2,1H3;1H. The fraction of sp³-hybridized carbons (Fsp3) is 1.00. The molecule has 2 aliphatic heterocycles. The Hall–Kier alpha value is 0.120. The Balaban J connectivity index is 0.00000200. The zero-order chi connectivity index (χ0) is 13.7. The highest BCUT2D eigenvalue weighted by Gasteiger charge is 2.28. The van der Waals surface area contributed by atoms with Crippen LogP contribution in [0.3, 0.4) is 0 Å². The normalized spacial score (nSPS) is 23.4. The first-order chi connectivity index (χ1) is 9.12. The van der Waals surface area contributed by atoms with E-state index in [-0.39, 0.29) is 18.4 Å². The van der Waals surface area contributed by atoms with Gasteiger partial charge in [0.15, 0.2) is 0 Å². The van der Waals surface area contributed by atoms with Gasteiger partial charge in [0.1, 0.15) is 0 Å². The molecule has 0 radical (unpaired) electrons. The second-order valence-electron chi connectivity index (χ2n) is 5.70. The van der Waals surface area contributed by atoms with Gasteiger partial charge in [-0.3, -0.25) is 0 Å². The summed E-state index contributed by atoms with van der Waals surface area (Å²) in [7, 11) is -3.25. The summed E-state index contributed by atoms with van der Waals surface area (Å²) in [5, 5.41) is 0. The van der Waals surface area contributed by atoms with Crippen LogP contribution in [0.1, 0.15) is 45.4 Å². The van der Waals surface area contributed by atoms with Crippen LogP contribution in [0.2, 0.25) is 0 Å². The quantitative estimate of drug-likeness (QED) is 0.835. The SMILES string of the molecule is CCCN1CCC(NS(=O)(=O)N2CCCCC2)CC1.Cl. The second kappa shape index (κ2) is 8.54. The molecule has 2 heterocycles. The summed E-state index contributed by atoms with van der Waals surface area (Å²) in [6.07, 6.45) is 6.19. The van der Waals surface area contributed by atoms with Crippen LogP contribution in [0.25, 0.3) is 0 Å². The van der Waals surface area contributed by atoms with Crippen LogP contribution in [0.5, 0.6) is 0 Å². The van der Waals surface area contributed by atoms with E-state index in [9.17, 15) is 8.42 Å².